The zero-order chi connectivity index (χ0) is 12.0. The van der Waals surface area contributed by atoms with Gasteiger partial charge in [-0.2, -0.15) is 0 Å². The number of hydrogen-bond acceptors (Lipinski definition) is 3. The molecule has 0 aliphatic carbocycles. The summed E-state index contributed by atoms with van der Waals surface area (Å²) in [6.45, 7) is 9.07. The van der Waals surface area contributed by atoms with E-state index in [0.29, 0.717) is 11.9 Å². The van der Waals surface area contributed by atoms with Crippen molar-refractivity contribution in [2.45, 2.75) is 44.9 Å². The van der Waals surface area contributed by atoms with E-state index in [0.717, 1.165) is 25.4 Å². The molecule has 1 fully saturated rings. The number of piperazine rings is 1. The third-order valence-electron chi connectivity index (χ3n) is 3.00. The number of hydrogen-bond donors (Lipinski definition) is 1. The van der Waals surface area contributed by atoms with Gasteiger partial charge in [-0.05, 0) is 26.0 Å². The van der Waals surface area contributed by atoms with E-state index in [4.69, 9.17) is 0 Å². The number of thioether (sulfide) groups is 1. The molecule has 1 amide bonds. The molecular weight excluding hydrogens is 256 g/mol. The molecule has 0 aromatic carbocycles. The number of rotatable bonds is 5. The Hall–Kier alpha value is 0.0700. The summed E-state index contributed by atoms with van der Waals surface area (Å²) in [6.07, 6.45) is 2.41. The molecule has 0 bridgehead atoms. The van der Waals surface area contributed by atoms with Crippen LogP contribution in [0.4, 0.5) is 0 Å². The lowest BCUT2D eigenvalue weighted by molar-refractivity contribution is -0.133. The summed E-state index contributed by atoms with van der Waals surface area (Å²) < 4.78 is 0. The molecule has 102 valence electrons. The number of nitrogens with one attached hydrogen (secondary N) is 1. The number of unbranched alkanes of at least 4 members (excludes halogenated alkanes) is 1. The van der Waals surface area contributed by atoms with Crippen molar-refractivity contribution in [3.8, 4) is 0 Å². The molecule has 1 N–H and O–H groups in total. The molecule has 1 aliphatic rings. The molecule has 17 heavy (non-hydrogen) atoms. The Balaban J connectivity index is 0.00000256. The Bertz CT molecular complexity index is 229. The van der Waals surface area contributed by atoms with Crippen LogP contribution in [-0.2, 0) is 4.79 Å². The monoisotopic (exact) mass is 280 g/mol. The third-order valence-corrected chi connectivity index (χ3v) is 4.22. The maximum Gasteiger partial charge on any atom is 0.235 e. The molecule has 0 aromatic rings. The van der Waals surface area contributed by atoms with Gasteiger partial charge in [-0.25, -0.2) is 0 Å². The van der Waals surface area contributed by atoms with Crippen molar-refractivity contribution < 1.29 is 4.79 Å². The molecule has 1 rings (SSSR count). The quantitative estimate of drug-likeness (QED) is 0.784. The van der Waals surface area contributed by atoms with E-state index in [2.05, 4.69) is 19.2 Å². The van der Waals surface area contributed by atoms with Crippen molar-refractivity contribution in [3.63, 3.8) is 0 Å². The molecule has 0 spiro atoms. The second-order valence-corrected chi connectivity index (χ2v) is 5.90. The maximum absolute atomic E-state index is 12.2. The van der Waals surface area contributed by atoms with Gasteiger partial charge in [0.1, 0.15) is 0 Å². The topological polar surface area (TPSA) is 32.3 Å². The van der Waals surface area contributed by atoms with Crippen molar-refractivity contribution in [1.82, 2.24) is 10.2 Å². The van der Waals surface area contributed by atoms with Crippen LogP contribution in [0.1, 0.15) is 33.6 Å². The van der Waals surface area contributed by atoms with Crippen molar-refractivity contribution >= 4 is 30.1 Å². The molecule has 1 saturated heterocycles. The lowest BCUT2D eigenvalue weighted by Crippen LogP contribution is -2.54. The van der Waals surface area contributed by atoms with Crippen molar-refractivity contribution in [1.29, 1.82) is 0 Å². The average molecular weight is 281 g/mol. The largest absolute Gasteiger partial charge is 0.336 e. The molecule has 1 aliphatic heterocycles. The van der Waals surface area contributed by atoms with E-state index in [-0.39, 0.29) is 17.7 Å². The zero-order valence-corrected chi connectivity index (χ0v) is 12.7. The summed E-state index contributed by atoms with van der Waals surface area (Å²) in [6, 6.07) is 0.343. The highest BCUT2D eigenvalue weighted by Crippen LogP contribution is 2.17. The Morgan fingerprint density at radius 1 is 1.59 bits per heavy atom. The van der Waals surface area contributed by atoms with Gasteiger partial charge in [0.2, 0.25) is 5.91 Å². The number of halogens is 1. The lowest BCUT2D eigenvalue weighted by atomic mass is 10.2. The van der Waals surface area contributed by atoms with Gasteiger partial charge in [-0.15, -0.1) is 24.2 Å². The fourth-order valence-electron chi connectivity index (χ4n) is 1.88. The van der Waals surface area contributed by atoms with Crippen LogP contribution in [-0.4, -0.2) is 47.5 Å². The molecule has 0 aromatic heterocycles. The highest BCUT2D eigenvalue weighted by atomic mass is 35.5. The van der Waals surface area contributed by atoms with Gasteiger partial charge in [-0.1, -0.05) is 13.3 Å². The standard InChI is InChI=1S/C12H24N2OS.ClH/c1-4-5-8-16-11(3)12(15)14-7-6-13-9-10(14)2;/h10-11,13H,4-9H2,1-3H3;1H. The van der Waals surface area contributed by atoms with Gasteiger partial charge in [0.05, 0.1) is 5.25 Å². The number of amides is 1. The van der Waals surface area contributed by atoms with Gasteiger partial charge in [-0.3, -0.25) is 4.79 Å². The maximum atomic E-state index is 12.2. The Kier molecular flexibility index (Phi) is 9.10. The van der Waals surface area contributed by atoms with E-state index in [1.807, 2.05) is 11.8 Å². The lowest BCUT2D eigenvalue weighted by Gasteiger charge is -2.35. The molecule has 0 saturated carbocycles. The third kappa shape index (κ3) is 5.49. The summed E-state index contributed by atoms with van der Waals surface area (Å²) in [4.78, 5) is 14.2. The summed E-state index contributed by atoms with van der Waals surface area (Å²) in [5.41, 5.74) is 0. The van der Waals surface area contributed by atoms with Gasteiger partial charge in [0, 0.05) is 25.7 Å². The SMILES string of the molecule is CCCCSC(C)C(=O)N1CCNCC1C.Cl. The highest BCUT2D eigenvalue weighted by Gasteiger charge is 2.26. The summed E-state index contributed by atoms with van der Waals surface area (Å²) >= 11 is 1.79. The average Bonchev–Trinajstić information content (AvgIpc) is 2.29. The van der Waals surface area contributed by atoms with E-state index in [9.17, 15) is 4.79 Å². The number of nitrogens with zero attached hydrogens (tertiary/aromatic N) is 1. The Morgan fingerprint density at radius 2 is 2.29 bits per heavy atom. The minimum atomic E-state index is 0. The van der Waals surface area contributed by atoms with Gasteiger partial charge >= 0.3 is 0 Å². The number of carbonyl (C=O) groups excluding carboxylic acids is 1. The molecule has 5 heteroatoms. The molecular formula is C12H25ClN2OS. The van der Waals surface area contributed by atoms with Crippen LogP contribution in [0.5, 0.6) is 0 Å². The van der Waals surface area contributed by atoms with Crippen LogP contribution in [0.2, 0.25) is 0 Å². The van der Waals surface area contributed by atoms with Crippen molar-refractivity contribution in [3.05, 3.63) is 0 Å². The molecule has 2 atom stereocenters. The van der Waals surface area contributed by atoms with E-state index in [1.165, 1.54) is 12.8 Å². The molecule has 3 nitrogen and oxygen atoms in total. The first-order valence-electron chi connectivity index (χ1n) is 6.29. The van der Waals surface area contributed by atoms with Crippen LogP contribution < -0.4 is 5.32 Å². The minimum Gasteiger partial charge on any atom is -0.336 e. The van der Waals surface area contributed by atoms with Gasteiger partial charge < -0.3 is 10.2 Å². The van der Waals surface area contributed by atoms with Crippen molar-refractivity contribution in [2.75, 3.05) is 25.4 Å². The molecule has 0 radical (unpaired) electrons. The van der Waals surface area contributed by atoms with Crippen molar-refractivity contribution in [2.24, 2.45) is 0 Å². The second kappa shape index (κ2) is 9.06. The molecule has 2 unspecified atom stereocenters. The first-order valence-corrected chi connectivity index (χ1v) is 7.34. The van der Waals surface area contributed by atoms with Gasteiger partial charge in [0.25, 0.3) is 0 Å². The predicted molar refractivity (Wildman–Crippen MR) is 78.1 cm³/mol. The van der Waals surface area contributed by atoms with E-state index < -0.39 is 0 Å². The Labute approximate surface area is 115 Å². The summed E-state index contributed by atoms with van der Waals surface area (Å²) in [5.74, 6) is 1.42. The van der Waals surface area contributed by atoms with E-state index in [1.54, 1.807) is 11.8 Å². The van der Waals surface area contributed by atoms with Crippen LogP contribution >= 0.6 is 24.2 Å². The normalized spacial score (nSPS) is 21.8. The number of carbonyl (C=O) groups is 1. The predicted octanol–water partition coefficient (Wildman–Crippen LogP) is 2.15. The summed E-state index contributed by atoms with van der Waals surface area (Å²) in [7, 11) is 0. The fourth-order valence-corrected chi connectivity index (χ4v) is 2.96. The Morgan fingerprint density at radius 3 is 2.88 bits per heavy atom. The molecule has 1 heterocycles. The van der Waals surface area contributed by atoms with Crippen LogP contribution in [0.3, 0.4) is 0 Å². The van der Waals surface area contributed by atoms with Gasteiger partial charge in [0.15, 0.2) is 0 Å². The second-order valence-electron chi connectivity index (χ2n) is 4.45. The fraction of sp³-hybridized carbons (Fsp3) is 0.917. The first kappa shape index (κ1) is 17.1. The highest BCUT2D eigenvalue weighted by molar-refractivity contribution is 8.00. The smallest absolute Gasteiger partial charge is 0.235 e. The van der Waals surface area contributed by atoms with Crippen LogP contribution in [0, 0.1) is 0 Å². The zero-order valence-electron chi connectivity index (χ0n) is 11.1. The summed E-state index contributed by atoms with van der Waals surface area (Å²) in [5, 5.41) is 3.43. The van der Waals surface area contributed by atoms with Crippen LogP contribution in [0.15, 0.2) is 0 Å². The van der Waals surface area contributed by atoms with E-state index >= 15 is 0 Å². The first-order chi connectivity index (χ1) is 7.66. The minimum absolute atomic E-state index is 0. The van der Waals surface area contributed by atoms with Crippen LogP contribution in [0.25, 0.3) is 0 Å².